The van der Waals surface area contributed by atoms with Gasteiger partial charge in [-0.05, 0) is 25.9 Å². The summed E-state index contributed by atoms with van der Waals surface area (Å²) < 4.78 is 0. The molecule has 0 saturated carbocycles. The van der Waals surface area contributed by atoms with Crippen molar-refractivity contribution in [2.45, 2.75) is 32.6 Å². The van der Waals surface area contributed by atoms with E-state index in [0.717, 1.165) is 18.1 Å². The van der Waals surface area contributed by atoms with Crippen molar-refractivity contribution in [3.63, 3.8) is 0 Å². The molecule has 94 valence electrons. The number of carbonyl (C=O) groups excluding carboxylic acids is 1. The standard InChI is InChI=1S/C11H18N4OS/c1-8(2)10-13-14-11(17-10)12-9(16)7-15-5-3-4-6-15/h8H,3-7H2,1-2H3,(H,12,14,16). The van der Waals surface area contributed by atoms with E-state index >= 15 is 0 Å². The molecule has 2 heterocycles. The van der Waals surface area contributed by atoms with Crippen molar-refractivity contribution >= 4 is 22.4 Å². The van der Waals surface area contributed by atoms with E-state index in [0.29, 0.717) is 17.6 Å². The average molecular weight is 254 g/mol. The molecule has 5 nitrogen and oxygen atoms in total. The Morgan fingerprint density at radius 1 is 1.41 bits per heavy atom. The zero-order valence-corrected chi connectivity index (χ0v) is 11.1. The molecule has 0 aliphatic carbocycles. The molecule has 6 heteroatoms. The second-order valence-corrected chi connectivity index (χ2v) is 5.64. The Balaban J connectivity index is 1.84. The Morgan fingerprint density at radius 3 is 2.71 bits per heavy atom. The van der Waals surface area contributed by atoms with E-state index in [1.54, 1.807) is 0 Å². The Labute approximate surface area is 105 Å². The van der Waals surface area contributed by atoms with Crippen LogP contribution in [-0.4, -0.2) is 40.6 Å². The van der Waals surface area contributed by atoms with Crippen LogP contribution < -0.4 is 5.32 Å². The van der Waals surface area contributed by atoms with Crippen LogP contribution >= 0.6 is 11.3 Å². The van der Waals surface area contributed by atoms with Crippen molar-refractivity contribution in [3.8, 4) is 0 Å². The first-order valence-corrected chi connectivity index (χ1v) is 6.82. The summed E-state index contributed by atoms with van der Waals surface area (Å²) >= 11 is 1.45. The quantitative estimate of drug-likeness (QED) is 0.888. The number of nitrogens with zero attached hydrogens (tertiary/aromatic N) is 3. The van der Waals surface area contributed by atoms with Crippen LogP contribution in [-0.2, 0) is 4.79 Å². The topological polar surface area (TPSA) is 58.1 Å². The van der Waals surface area contributed by atoms with Gasteiger partial charge in [0.25, 0.3) is 0 Å². The normalized spacial score (nSPS) is 16.6. The summed E-state index contributed by atoms with van der Waals surface area (Å²) in [6.07, 6.45) is 2.40. The highest BCUT2D eigenvalue weighted by atomic mass is 32.1. The van der Waals surface area contributed by atoms with Crippen LogP contribution in [0.4, 0.5) is 5.13 Å². The number of carbonyl (C=O) groups is 1. The van der Waals surface area contributed by atoms with E-state index < -0.39 is 0 Å². The van der Waals surface area contributed by atoms with Gasteiger partial charge in [0.05, 0.1) is 6.54 Å². The molecule has 2 rings (SSSR count). The number of rotatable bonds is 4. The molecule has 0 spiro atoms. The highest BCUT2D eigenvalue weighted by Gasteiger charge is 2.16. The summed E-state index contributed by atoms with van der Waals surface area (Å²) in [6.45, 7) is 6.66. The molecule has 0 unspecified atom stereocenters. The molecule has 1 aliphatic heterocycles. The van der Waals surface area contributed by atoms with Gasteiger partial charge < -0.3 is 0 Å². The van der Waals surface area contributed by atoms with Gasteiger partial charge in [-0.15, -0.1) is 10.2 Å². The zero-order valence-electron chi connectivity index (χ0n) is 10.3. The van der Waals surface area contributed by atoms with E-state index in [9.17, 15) is 4.79 Å². The number of anilines is 1. The van der Waals surface area contributed by atoms with Crippen molar-refractivity contribution < 1.29 is 4.79 Å². The molecule has 17 heavy (non-hydrogen) atoms. The molecule has 0 atom stereocenters. The SMILES string of the molecule is CC(C)c1nnc(NC(=O)CN2CCCC2)s1. The van der Waals surface area contributed by atoms with E-state index in [1.807, 2.05) is 0 Å². The number of nitrogens with one attached hydrogen (secondary N) is 1. The van der Waals surface area contributed by atoms with E-state index in [-0.39, 0.29) is 5.91 Å². The van der Waals surface area contributed by atoms with Crippen LogP contribution in [0.5, 0.6) is 0 Å². The summed E-state index contributed by atoms with van der Waals surface area (Å²) in [7, 11) is 0. The lowest BCUT2D eigenvalue weighted by molar-refractivity contribution is -0.117. The van der Waals surface area contributed by atoms with E-state index in [4.69, 9.17) is 0 Å². The van der Waals surface area contributed by atoms with E-state index in [1.165, 1.54) is 24.2 Å². The highest BCUT2D eigenvalue weighted by Crippen LogP contribution is 2.22. The van der Waals surface area contributed by atoms with Gasteiger partial charge in [0.15, 0.2) is 0 Å². The molecule has 0 bridgehead atoms. The predicted molar refractivity (Wildman–Crippen MR) is 68.3 cm³/mol. The number of likely N-dealkylation sites (tertiary alicyclic amines) is 1. The molecular weight excluding hydrogens is 236 g/mol. The van der Waals surface area contributed by atoms with Crippen LogP contribution in [0, 0.1) is 0 Å². The molecule has 1 saturated heterocycles. The predicted octanol–water partition coefficient (Wildman–Crippen LogP) is 1.70. The van der Waals surface area contributed by atoms with Gasteiger partial charge in [-0.2, -0.15) is 0 Å². The van der Waals surface area contributed by atoms with Crippen LogP contribution in [0.3, 0.4) is 0 Å². The van der Waals surface area contributed by atoms with Crippen LogP contribution in [0.1, 0.15) is 37.6 Å². The van der Waals surface area contributed by atoms with E-state index in [2.05, 4.69) is 34.3 Å². The minimum absolute atomic E-state index is 0.0124. The molecular formula is C11H18N4OS. The van der Waals surface area contributed by atoms with Crippen LogP contribution in [0.2, 0.25) is 0 Å². The maximum absolute atomic E-state index is 11.7. The number of aromatic nitrogens is 2. The van der Waals surface area contributed by atoms with Gasteiger partial charge in [0, 0.05) is 5.92 Å². The molecule has 1 N–H and O–H groups in total. The lowest BCUT2D eigenvalue weighted by atomic mass is 10.2. The van der Waals surface area contributed by atoms with Crippen molar-refractivity contribution in [2.75, 3.05) is 25.0 Å². The smallest absolute Gasteiger partial charge is 0.240 e. The lowest BCUT2D eigenvalue weighted by Crippen LogP contribution is -2.30. The van der Waals surface area contributed by atoms with Gasteiger partial charge >= 0.3 is 0 Å². The minimum atomic E-state index is 0.0124. The largest absolute Gasteiger partial charge is 0.299 e. The van der Waals surface area contributed by atoms with Gasteiger partial charge in [0.1, 0.15) is 5.01 Å². The summed E-state index contributed by atoms with van der Waals surface area (Å²) in [6, 6.07) is 0. The molecule has 1 aliphatic rings. The Hall–Kier alpha value is -1.01. The fourth-order valence-corrected chi connectivity index (χ4v) is 2.58. The Bertz CT molecular complexity index is 385. The van der Waals surface area contributed by atoms with Crippen molar-refractivity contribution in [3.05, 3.63) is 5.01 Å². The summed E-state index contributed by atoms with van der Waals surface area (Å²) in [5.74, 6) is 0.370. The molecule has 0 aromatic carbocycles. The molecule has 1 fully saturated rings. The highest BCUT2D eigenvalue weighted by molar-refractivity contribution is 7.15. The fraction of sp³-hybridized carbons (Fsp3) is 0.727. The number of hydrogen-bond donors (Lipinski definition) is 1. The lowest BCUT2D eigenvalue weighted by Gasteiger charge is -2.12. The third kappa shape index (κ3) is 3.47. The fourth-order valence-electron chi connectivity index (χ4n) is 1.82. The zero-order chi connectivity index (χ0) is 12.3. The van der Waals surface area contributed by atoms with Crippen molar-refractivity contribution in [1.29, 1.82) is 0 Å². The third-order valence-corrected chi connectivity index (χ3v) is 3.89. The first-order valence-electron chi connectivity index (χ1n) is 6.01. The third-order valence-electron chi connectivity index (χ3n) is 2.75. The minimum Gasteiger partial charge on any atom is -0.299 e. The Morgan fingerprint density at radius 2 is 2.12 bits per heavy atom. The second-order valence-electron chi connectivity index (χ2n) is 4.63. The van der Waals surface area contributed by atoms with Gasteiger partial charge in [0.2, 0.25) is 11.0 Å². The maximum Gasteiger partial charge on any atom is 0.240 e. The monoisotopic (exact) mass is 254 g/mol. The Kier molecular flexibility index (Phi) is 4.06. The van der Waals surface area contributed by atoms with Crippen molar-refractivity contribution in [1.82, 2.24) is 15.1 Å². The second kappa shape index (κ2) is 5.55. The van der Waals surface area contributed by atoms with Gasteiger partial charge in [-0.25, -0.2) is 0 Å². The average Bonchev–Trinajstić information content (AvgIpc) is 2.88. The molecule has 0 radical (unpaired) electrons. The first-order chi connectivity index (χ1) is 8.15. The molecule has 1 aromatic rings. The number of hydrogen-bond acceptors (Lipinski definition) is 5. The number of amides is 1. The van der Waals surface area contributed by atoms with Crippen LogP contribution in [0.15, 0.2) is 0 Å². The summed E-state index contributed by atoms with van der Waals surface area (Å²) in [5.41, 5.74) is 0. The molecule has 1 aromatic heterocycles. The van der Waals surface area contributed by atoms with Gasteiger partial charge in [-0.1, -0.05) is 25.2 Å². The van der Waals surface area contributed by atoms with Crippen molar-refractivity contribution in [2.24, 2.45) is 0 Å². The van der Waals surface area contributed by atoms with Crippen LogP contribution in [0.25, 0.3) is 0 Å². The molecule has 1 amide bonds. The first kappa shape index (κ1) is 12.4. The maximum atomic E-state index is 11.7. The summed E-state index contributed by atoms with van der Waals surface area (Å²) in [5, 5.41) is 12.4. The summed E-state index contributed by atoms with van der Waals surface area (Å²) in [4.78, 5) is 13.9. The van der Waals surface area contributed by atoms with Gasteiger partial charge in [-0.3, -0.25) is 15.0 Å².